The number of ether oxygens (including phenoxy) is 1. The second-order valence-corrected chi connectivity index (χ2v) is 7.35. The molecule has 0 aromatic heterocycles. The van der Waals surface area contributed by atoms with Crippen molar-refractivity contribution in [2.45, 2.75) is 37.6 Å². The summed E-state index contributed by atoms with van der Waals surface area (Å²) in [6.45, 7) is 4.05. The first-order chi connectivity index (χ1) is 9.54. The van der Waals surface area contributed by atoms with Crippen molar-refractivity contribution in [1.29, 1.82) is 0 Å². The number of benzene rings is 1. The summed E-state index contributed by atoms with van der Waals surface area (Å²) in [5.41, 5.74) is 1.22. The van der Waals surface area contributed by atoms with Crippen LogP contribution in [0, 0.1) is 0 Å². The van der Waals surface area contributed by atoms with Crippen molar-refractivity contribution in [3.05, 3.63) is 42.0 Å². The molecule has 0 aliphatic rings. The van der Waals surface area contributed by atoms with Crippen LogP contribution in [-0.4, -0.2) is 39.2 Å². The van der Waals surface area contributed by atoms with Gasteiger partial charge in [0.15, 0.2) is 0 Å². The molecule has 0 amide bonds. The van der Waals surface area contributed by atoms with Crippen LogP contribution < -0.4 is 4.46 Å². The summed E-state index contributed by atoms with van der Waals surface area (Å²) in [6.07, 6.45) is 2.78. The van der Waals surface area contributed by atoms with E-state index in [4.69, 9.17) is 4.74 Å². The Kier molecular flexibility index (Phi) is 7.60. The molecule has 0 saturated heterocycles. The Morgan fingerprint density at radius 2 is 2.00 bits per heavy atom. The fourth-order valence-corrected chi connectivity index (χ4v) is 4.03. The summed E-state index contributed by atoms with van der Waals surface area (Å²) in [7, 11) is 1.37. The molecule has 1 N–H and O–H groups in total. The van der Waals surface area contributed by atoms with Gasteiger partial charge in [0.2, 0.25) is 0 Å². The topological polar surface area (TPSA) is 46.5 Å². The SMILES string of the molecule is COC(=O)[C@@H]([Se]c1ccccc1)[C@@H](O)CCC=C(C)C. The Morgan fingerprint density at radius 1 is 1.35 bits per heavy atom. The van der Waals surface area contributed by atoms with E-state index in [1.165, 1.54) is 12.7 Å². The van der Waals surface area contributed by atoms with E-state index < -0.39 is 10.9 Å². The third kappa shape index (κ3) is 5.91. The van der Waals surface area contributed by atoms with Gasteiger partial charge in [-0.15, -0.1) is 0 Å². The Labute approximate surface area is 127 Å². The number of rotatable bonds is 7. The van der Waals surface area contributed by atoms with Crippen LogP contribution in [0.5, 0.6) is 0 Å². The number of methoxy groups -OCH3 is 1. The summed E-state index contributed by atoms with van der Waals surface area (Å²) in [5, 5.41) is 10.3. The third-order valence-electron chi connectivity index (χ3n) is 2.80. The van der Waals surface area contributed by atoms with E-state index in [1.54, 1.807) is 0 Å². The van der Waals surface area contributed by atoms with Crippen molar-refractivity contribution >= 4 is 25.4 Å². The van der Waals surface area contributed by atoms with Gasteiger partial charge in [-0.1, -0.05) is 0 Å². The van der Waals surface area contributed by atoms with Crippen molar-refractivity contribution in [1.82, 2.24) is 0 Å². The van der Waals surface area contributed by atoms with Crippen molar-refractivity contribution in [3.63, 3.8) is 0 Å². The van der Waals surface area contributed by atoms with Gasteiger partial charge >= 0.3 is 127 Å². The third-order valence-corrected chi connectivity index (χ3v) is 5.54. The standard InChI is InChI=1S/C16H22O3Se/c1-12(2)8-7-11-14(17)15(16(18)19-3)20-13-9-5-4-6-10-13/h4-6,8-10,14-15,17H,7,11H2,1-3H3/t14-,15-/m0/s1. The second kappa shape index (κ2) is 8.96. The fourth-order valence-electron chi connectivity index (χ4n) is 1.74. The number of carbonyl (C=O) groups is 1. The predicted molar refractivity (Wildman–Crippen MR) is 82.3 cm³/mol. The van der Waals surface area contributed by atoms with Gasteiger partial charge in [-0.2, -0.15) is 0 Å². The van der Waals surface area contributed by atoms with Gasteiger partial charge in [-0.3, -0.25) is 0 Å². The first-order valence-electron chi connectivity index (χ1n) is 6.65. The minimum atomic E-state index is -0.654. The van der Waals surface area contributed by atoms with E-state index in [-0.39, 0.29) is 20.9 Å². The monoisotopic (exact) mass is 342 g/mol. The van der Waals surface area contributed by atoms with Crippen molar-refractivity contribution in [2.75, 3.05) is 7.11 Å². The van der Waals surface area contributed by atoms with E-state index in [0.29, 0.717) is 6.42 Å². The molecule has 0 aliphatic carbocycles. The summed E-state index contributed by atoms with van der Waals surface area (Å²) in [5.74, 6) is -0.321. The number of aliphatic hydroxyl groups excluding tert-OH is 1. The quantitative estimate of drug-likeness (QED) is 0.469. The van der Waals surface area contributed by atoms with Crippen LogP contribution in [0.25, 0.3) is 0 Å². The molecule has 0 fully saturated rings. The average molecular weight is 341 g/mol. The van der Waals surface area contributed by atoms with Gasteiger partial charge in [0.1, 0.15) is 0 Å². The number of hydrogen-bond acceptors (Lipinski definition) is 3. The summed E-state index contributed by atoms with van der Waals surface area (Å²) in [4.78, 5) is 11.4. The Bertz CT molecular complexity index is 438. The normalized spacial score (nSPS) is 13.4. The number of hydrogen-bond donors (Lipinski definition) is 1. The zero-order chi connectivity index (χ0) is 15.0. The Hall–Kier alpha value is -1.09. The minimum absolute atomic E-state index is 0.126. The van der Waals surface area contributed by atoms with Crippen LogP contribution in [-0.2, 0) is 9.53 Å². The van der Waals surface area contributed by atoms with Gasteiger partial charge < -0.3 is 0 Å². The molecule has 20 heavy (non-hydrogen) atoms. The molecule has 0 radical (unpaired) electrons. The van der Waals surface area contributed by atoms with Crippen LogP contribution in [0.3, 0.4) is 0 Å². The summed E-state index contributed by atoms with van der Waals surface area (Å²) < 4.78 is 5.93. The number of aliphatic hydroxyl groups is 1. The molecule has 0 unspecified atom stereocenters. The molecule has 0 bridgehead atoms. The first-order valence-corrected chi connectivity index (χ1v) is 8.50. The molecule has 4 heteroatoms. The molecule has 0 saturated carbocycles. The zero-order valence-corrected chi connectivity index (χ0v) is 13.9. The van der Waals surface area contributed by atoms with E-state index in [1.807, 2.05) is 44.2 Å². The van der Waals surface area contributed by atoms with Crippen LogP contribution in [0.15, 0.2) is 42.0 Å². The average Bonchev–Trinajstić information content (AvgIpc) is 2.44. The van der Waals surface area contributed by atoms with Crippen molar-refractivity contribution < 1.29 is 14.6 Å². The molecule has 1 aromatic carbocycles. The Balaban J connectivity index is 2.68. The predicted octanol–water partition coefficient (Wildman–Crippen LogP) is 2.08. The summed E-state index contributed by atoms with van der Waals surface area (Å²) in [6, 6.07) is 9.80. The van der Waals surface area contributed by atoms with Gasteiger partial charge in [-0.05, 0) is 0 Å². The molecule has 110 valence electrons. The summed E-state index contributed by atoms with van der Waals surface area (Å²) >= 11 is -0.126. The van der Waals surface area contributed by atoms with E-state index >= 15 is 0 Å². The zero-order valence-electron chi connectivity index (χ0n) is 12.2. The maximum atomic E-state index is 11.9. The molecule has 2 atom stereocenters. The molecule has 0 spiro atoms. The number of esters is 1. The van der Waals surface area contributed by atoms with Gasteiger partial charge in [0.25, 0.3) is 0 Å². The first kappa shape index (κ1) is 17.0. The fraction of sp³-hybridized carbons (Fsp3) is 0.438. The molecule has 0 heterocycles. The van der Waals surface area contributed by atoms with Gasteiger partial charge in [-0.25, -0.2) is 0 Å². The van der Waals surface area contributed by atoms with Crippen molar-refractivity contribution in [2.24, 2.45) is 0 Å². The van der Waals surface area contributed by atoms with Gasteiger partial charge in [0.05, 0.1) is 0 Å². The molecular formula is C16H22O3Se. The van der Waals surface area contributed by atoms with Crippen LogP contribution in [0.1, 0.15) is 26.7 Å². The second-order valence-electron chi connectivity index (χ2n) is 4.80. The Morgan fingerprint density at radius 3 is 2.55 bits per heavy atom. The maximum absolute atomic E-state index is 11.9. The molecule has 1 rings (SSSR count). The molecular weight excluding hydrogens is 319 g/mol. The van der Waals surface area contributed by atoms with Crippen LogP contribution in [0.2, 0.25) is 4.82 Å². The number of allylic oxidation sites excluding steroid dienone is 2. The van der Waals surface area contributed by atoms with Crippen LogP contribution in [0.4, 0.5) is 0 Å². The molecule has 1 aromatic rings. The van der Waals surface area contributed by atoms with E-state index in [0.717, 1.165) is 10.9 Å². The van der Waals surface area contributed by atoms with E-state index in [2.05, 4.69) is 6.08 Å². The molecule has 3 nitrogen and oxygen atoms in total. The molecule has 0 aliphatic heterocycles. The van der Waals surface area contributed by atoms with E-state index in [9.17, 15) is 9.90 Å². The van der Waals surface area contributed by atoms with Crippen LogP contribution >= 0.6 is 0 Å². The number of carbonyl (C=O) groups excluding carboxylic acids is 1. The van der Waals surface area contributed by atoms with Crippen molar-refractivity contribution in [3.8, 4) is 0 Å². The van der Waals surface area contributed by atoms with Gasteiger partial charge in [0, 0.05) is 0 Å².